The second-order valence-electron chi connectivity index (χ2n) is 4.48. The molecule has 1 aliphatic carbocycles. The molecule has 14 heavy (non-hydrogen) atoms. The van der Waals surface area contributed by atoms with Crippen LogP contribution < -0.4 is 0 Å². The normalized spacial score (nSPS) is 28.5. The van der Waals surface area contributed by atoms with Crippen molar-refractivity contribution in [2.24, 2.45) is 11.3 Å². The highest BCUT2D eigenvalue weighted by molar-refractivity contribution is 4.98. The highest BCUT2D eigenvalue weighted by Gasteiger charge is 2.63. The van der Waals surface area contributed by atoms with Crippen molar-refractivity contribution in [3.8, 4) is 0 Å². The molecule has 0 aromatic heterocycles. The number of hydrogen-bond acceptors (Lipinski definition) is 1. The van der Waals surface area contributed by atoms with Crippen molar-refractivity contribution in [2.45, 2.75) is 38.3 Å². The Morgan fingerprint density at radius 2 is 1.57 bits per heavy atom. The minimum absolute atomic E-state index is 0.110. The first-order valence-electron chi connectivity index (χ1n) is 5.21. The molecule has 2 fully saturated rings. The third-order valence-corrected chi connectivity index (χ3v) is 3.67. The van der Waals surface area contributed by atoms with Gasteiger partial charge in [0.05, 0.1) is 13.2 Å². The lowest BCUT2D eigenvalue weighted by Crippen LogP contribution is -2.58. The van der Waals surface area contributed by atoms with Crippen LogP contribution in [0, 0.1) is 11.3 Å². The molecule has 0 aromatic carbocycles. The van der Waals surface area contributed by atoms with E-state index in [9.17, 15) is 13.2 Å². The molecule has 1 saturated carbocycles. The van der Waals surface area contributed by atoms with Crippen LogP contribution in [0.25, 0.3) is 0 Å². The van der Waals surface area contributed by atoms with Crippen molar-refractivity contribution in [1.82, 2.24) is 0 Å². The summed E-state index contributed by atoms with van der Waals surface area (Å²) in [7, 11) is 0. The van der Waals surface area contributed by atoms with Gasteiger partial charge in [-0.1, -0.05) is 19.3 Å². The van der Waals surface area contributed by atoms with Gasteiger partial charge in [0.1, 0.15) is 5.41 Å². The number of rotatable bonds is 1. The van der Waals surface area contributed by atoms with Crippen LogP contribution in [0.2, 0.25) is 0 Å². The van der Waals surface area contributed by atoms with Crippen LogP contribution in [-0.4, -0.2) is 19.4 Å². The van der Waals surface area contributed by atoms with Crippen molar-refractivity contribution < 1.29 is 17.9 Å². The van der Waals surface area contributed by atoms with Crippen molar-refractivity contribution in [1.29, 1.82) is 0 Å². The molecule has 2 aliphatic rings. The number of hydrogen-bond donors (Lipinski definition) is 0. The van der Waals surface area contributed by atoms with Crippen LogP contribution >= 0.6 is 0 Å². The Morgan fingerprint density at radius 1 is 1.00 bits per heavy atom. The molecule has 4 heteroatoms. The summed E-state index contributed by atoms with van der Waals surface area (Å²) in [6, 6.07) is 0. The van der Waals surface area contributed by atoms with Crippen molar-refractivity contribution in [3.05, 3.63) is 0 Å². The van der Waals surface area contributed by atoms with Gasteiger partial charge in [0.25, 0.3) is 0 Å². The molecule has 0 spiro atoms. The molecular weight excluding hydrogens is 193 g/mol. The fourth-order valence-electron chi connectivity index (χ4n) is 2.61. The van der Waals surface area contributed by atoms with Gasteiger partial charge in [0, 0.05) is 0 Å². The van der Waals surface area contributed by atoms with Gasteiger partial charge < -0.3 is 4.74 Å². The van der Waals surface area contributed by atoms with E-state index in [4.69, 9.17) is 4.74 Å². The van der Waals surface area contributed by atoms with Gasteiger partial charge in [-0.3, -0.25) is 0 Å². The van der Waals surface area contributed by atoms with E-state index < -0.39 is 11.6 Å². The summed E-state index contributed by atoms with van der Waals surface area (Å²) in [4.78, 5) is 0. The van der Waals surface area contributed by atoms with Gasteiger partial charge in [-0.2, -0.15) is 13.2 Å². The highest BCUT2D eigenvalue weighted by atomic mass is 19.4. The van der Waals surface area contributed by atoms with E-state index >= 15 is 0 Å². The lowest BCUT2D eigenvalue weighted by atomic mass is 9.67. The van der Waals surface area contributed by atoms with Gasteiger partial charge in [-0.25, -0.2) is 0 Å². The Morgan fingerprint density at radius 3 is 1.93 bits per heavy atom. The number of alkyl halides is 3. The summed E-state index contributed by atoms with van der Waals surface area (Å²) in [5, 5.41) is 0. The Balaban J connectivity index is 2.11. The molecule has 0 amide bonds. The molecule has 0 radical (unpaired) electrons. The Labute approximate surface area is 81.6 Å². The zero-order valence-corrected chi connectivity index (χ0v) is 8.07. The van der Waals surface area contributed by atoms with E-state index in [2.05, 4.69) is 0 Å². The highest BCUT2D eigenvalue weighted by Crippen LogP contribution is 2.53. The van der Waals surface area contributed by atoms with Crippen molar-refractivity contribution >= 4 is 0 Å². The summed E-state index contributed by atoms with van der Waals surface area (Å²) in [6.45, 7) is -0.220. The molecule has 1 aliphatic heterocycles. The lowest BCUT2D eigenvalue weighted by Gasteiger charge is -2.49. The SMILES string of the molecule is FC(F)(F)C1(C2CCCCC2)COC1. The van der Waals surface area contributed by atoms with Crippen LogP contribution in [0.3, 0.4) is 0 Å². The monoisotopic (exact) mass is 208 g/mol. The van der Waals surface area contributed by atoms with Gasteiger partial charge in [-0.05, 0) is 18.8 Å². The van der Waals surface area contributed by atoms with Gasteiger partial charge in [-0.15, -0.1) is 0 Å². The maximum Gasteiger partial charge on any atom is 0.399 e. The quantitative estimate of drug-likeness (QED) is 0.643. The van der Waals surface area contributed by atoms with Crippen molar-refractivity contribution in [3.63, 3.8) is 0 Å². The zero-order chi connectivity index (χ0) is 10.2. The number of ether oxygens (including phenoxy) is 1. The first-order chi connectivity index (χ1) is 6.56. The molecule has 0 atom stereocenters. The molecule has 0 aromatic rings. The minimum atomic E-state index is -4.08. The number of halogens is 3. The summed E-state index contributed by atoms with van der Waals surface area (Å²) < 4.78 is 43.4. The Hall–Kier alpha value is -0.250. The maximum absolute atomic E-state index is 12.9. The second kappa shape index (κ2) is 3.40. The van der Waals surface area contributed by atoms with Gasteiger partial charge >= 0.3 is 6.18 Å². The Kier molecular flexibility index (Phi) is 2.50. The van der Waals surface area contributed by atoms with Crippen LogP contribution in [-0.2, 0) is 4.74 Å². The van der Waals surface area contributed by atoms with Crippen LogP contribution in [0.5, 0.6) is 0 Å². The first kappa shape index (κ1) is 10.3. The average molecular weight is 208 g/mol. The average Bonchev–Trinajstić information content (AvgIpc) is 2.01. The lowest BCUT2D eigenvalue weighted by molar-refractivity contribution is -0.325. The molecule has 1 nitrogen and oxygen atoms in total. The van der Waals surface area contributed by atoms with E-state index in [1.807, 2.05) is 0 Å². The van der Waals surface area contributed by atoms with E-state index in [-0.39, 0.29) is 19.1 Å². The van der Waals surface area contributed by atoms with E-state index in [1.54, 1.807) is 0 Å². The smallest absolute Gasteiger partial charge is 0.379 e. The summed E-state index contributed by atoms with van der Waals surface area (Å²) >= 11 is 0. The molecule has 0 unspecified atom stereocenters. The standard InChI is InChI=1S/C10H15F3O/c11-10(12,13)9(6-14-7-9)8-4-2-1-3-5-8/h8H,1-7H2. The second-order valence-corrected chi connectivity index (χ2v) is 4.48. The third kappa shape index (κ3) is 1.44. The molecule has 0 bridgehead atoms. The fraction of sp³-hybridized carbons (Fsp3) is 1.00. The molecule has 82 valence electrons. The largest absolute Gasteiger partial charge is 0.399 e. The molecular formula is C10H15F3O. The zero-order valence-electron chi connectivity index (χ0n) is 8.07. The third-order valence-electron chi connectivity index (χ3n) is 3.67. The Bertz CT molecular complexity index is 202. The van der Waals surface area contributed by atoms with E-state index in [0.29, 0.717) is 0 Å². The molecule has 0 N–H and O–H groups in total. The summed E-state index contributed by atoms with van der Waals surface area (Å²) in [5.74, 6) is -0.190. The topological polar surface area (TPSA) is 9.23 Å². The predicted octanol–water partition coefficient (Wildman–Crippen LogP) is 3.15. The van der Waals surface area contributed by atoms with Gasteiger partial charge in [0.2, 0.25) is 0 Å². The first-order valence-corrected chi connectivity index (χ1v) is 5.21. The fourth-order valence-corrected chi connectivity index (χ4v) is 2.61. The maximum atomic E-state index is 12.9. The molecule has 1 heterocycles. The van der Waals surface area contributed by atoms with Crippen LogP contribution in [0.1, 0.15) is 32.1 Å². The molecule has 1 saturated heterocycles. The summed E-state index contributed by atoms with van der Waals surface area (Å²) in [6.07, 6.45) is 0.356. The van der Waals surface area contributed by atoms with Gasteiger partial charge in [0.15, 0.2) is 0 Å². The van der Waals surface area contributed by atoms with Crippen LogP contribution in [0.15, 0.2) is 0 Å². The predicted molar refractivity (Wildman–Crippen MR) is 45.9 cm³/mol. The van der Waals surface area contributed by atoms with E-state index in [0.717, 1.165) is 32.1 Å². The molecule has 2 rings (SSSR count). The van der Waals surface area contributed by atoms with E-state index in [1.165, 1.54) is 0 Å². The van der Waals surface area contributed by atoms with Crippen molar-refractivity contribution in [2.75, 3.05) is 13.2 Å². The minimum Gasteiger partial charge on any atom is -0.379 e. The van der Waals surface area contributed by atoms with Crippen LogP contribution in [0.4, 0.5) is 13.2 Å². The summed E-state index contributed by atoms with van der Waals surface area (Å²) in [5.41, 5.74) is -1.49.